The summed E-state index contributed by atoms with van der Waals surface area (Å²) in [5, 5.41) is 2.49. The molecule has 0 aliphatic carbocycles. The molecule has 9 rings (SSSR count). The van der Waals surface area contributed by atoms with E-state index in [1.54, 1.807) is 0 Å². The lowest BCUT2D eigenvalue weighted by atomic mass is 9.99. The van der Waals surface area contributed by atoms with Gasteiger partial charge in [0.2, 0.25) is 0 Å². The molecule has 0 saturated heterocycles. The first-order valence-corrected chi connectivity index (χ1v) is 18.9. The van der Waals surface area contributed by atoms with Crippen molar-refractivity contribution in [3.05, 3.63) is 136 Å². The Bertz CT molecular complexity index is 2920. The van der Waals surface area contributed by atoms with Crippen molar-refractivity contribution in [2.24, 2.45) is 0 Å². The predicted molar refractivity (Wildman–Crippen MR) is 225 cm³/mol. The highest BCUT2D eigenvalue weighted by Crippen LogP contribution is 2.39. The van der Waals surface area contributed by atoms with Crippen molar-refractivity contribution >= 4 is 66.2 Å². The summed E-state index contributed by atoms with van der Waals surface area (Å²) in [6.45, 7) is 17.8. The molecule has 8 bridgehead atoms. The average Bonchev–Trinajstić information content (AvgIpc) is 3.91. The van der Waals surface area contributed by atoms with Gasteiger partial charge >= 0.3 is 0 Å². The van der Waals surface area contributed by atoms with Crippen molar-refractivity contribution < 1.29 is 0 Å². The number of nitrogens with zero attached hydrogens (tertiary/aromatic N) is 3. The normalized spacial score (nSPS) is 13.3. The van der Waals surface area contributed by atoms with Crippen LogP contribution < -0.4 is 0 Å². The SMILES string of the molecule is CCC1=C(C)c2cc3c(C)c(C)c(cc4nc(cc5[nH]c(cc1n2)c(CC)c5C)C(C)=C4C)n3-c1cccc(-c2cccc3[nH]c4ccccc4c23)c1. The van der Waals surface area contributed by atoms with Gasteiger partial charge in [0.1, 0.15) is 0 Å². The molecule has 5 nitrogen and oxygen atoms in total. The monoisotopic (exact) mass is 691 g/mol. The second-order valence-electron chi connectivity index (χ2n) is 14.8. The summed E-state index contributed by atoms with van der Waals surface area (Å²) in [7, 11) is 0. The summed E-state index contributed by atoms with van der Waals surface area (Å²) in [6.07, 6.45) is 1.85. The Labute approximate surface area is 310 Å². The largest absolute Gasteiger partial charge is 0.355 e. The number of benzene rings is 3. The van der Waals surface area contributed by atoms with Crippen LogP contribution in [0.15, 0.2) is 91.0 Å². The molecule has 0 amide bonds. The van der Waals surface area contributed by atoms with E-state index in [9.17, 15) is 0 Å². The Morgan fingerprint density at radius 3 is 1.89 bits per heavy atom. The van der Waals surface area contributed by atoms with Gasteiger partial charge in [0, 0.05) is 38.5 Å². The third-order valence-electron chi connectivity index (χ3n) is 12.0. The Morgan fingerprint density at radius 2 is 1.15 bits per heavy atom. The standard InChI is InChI=1S/C48H45N5/c1-9-34-30(7)41-22-40-26(3)27(4)42(50-40)24-46-28(5)29(6)47(25-43-31(8)35(10-2)45(52-43)23-44(34)51-41)53(46)33-16-13-15-32(21-33)36-18-14-20-39-48(36)37-17-11-12-19-38(37)49-39/h11-25,49,51H,9-10H2,1-8H3. The van der Waals surface area contributed by atoms with Crippen molar-refractivity contribution in [1.29, 1.82) is 0 Å². The molecule has 0 atom stereocenters. The van der Waals surface area contributed by atoms with Crippen LogP contribution in [0.3, 0.4) is 0 Å². The van der Waals surface area contributed by atoms with Crippen LogP contribution in [0.4, 0.5) is 0 Å². The van der Waals surface area contributed by atoms with Gasteiger partial charge in [-0.05, 0) is 159 Å². The number of nitrogens with one attached hydrogen (secondary N) is 2. The maximum atomic E-state index is 5.37. The fourth-order valence-corrected chi connectivity index (χ4v) is 8.66. The fraction of sp³-hybridized carbons (Fsp3) is 0.208. The zero-order chi connectivity index (χ0) is 36.7. The van der Waals surface area contributed by atoms with Gasteiger partial charge in [0.15, 0.2) is 0 Å². The van der Waals surface area contributed by atoms with Crippen LogP contribution >= 0.6 is 0 Å². The Morgan fingerprint density at radius 1 is 0.528 bits per heavy atom. The molecule has 3 aromatic carbocycles. The minimum absolute atomic E-state index is 0.913. The molecular formula is C48H45N5. The Balaban J connectivity index is 1.40. The molecule has 0 radical (unpaired) electrons. The molecule has 53 heavy (non-hydrogen) atoms. The molecule has 2 aliphatic rings. The van der Waals surface area contributed by atoms with Crippen LogP contribution in [0.1, 0.15) is 86.1 Å². The van der Waals surface area contributed by atoms with Gasteiger partial charge in [0.05, 0.1) is 33.8 Å². The van der Waals surface area contributed by atoms with Crippen LogP contribution in [0.25, 0.3) is 83.0 Å². The molecule has 4 aromatic heterocycles. The fourth-order valence-electron chi connectivity index (χ4n) is 8.66. The first-order chi connectivity index (χ1) is 25.7. The summed E-state index contributed by atoms with van der Waals surface area (Å²) in [5.41, 5.74) is 24.4. The van der Waals surface area contributed by atoms with Crippen LogP contribution in [0, 0.1) is 20.8 Å². The number of rotatable bonds is 4. The summed E-state index contributed by atoms with van der Waals surface area (Å²) in [4.78, 5) is 18.1. The number of aromatic amines is 2. The first kappa shape index (κ1) is 32.9. The van der Waals surface area contributed by atoms with Gasteiger partial charge in [-0.1, -0.05) is 56.3 Å². The van der Waals surface area contributed by atoms with Gasteiger partial charge in [-0.3, -0.25) is 0 Å². The maximum Gasteiger partial charge on any atom is 0.0693 e. The molecule has 0 saturated carbocycles. The molecule has 0 unspecified atom stereocenters. The Kier molecular flexibility index (Phi) is 7.67. The van der Waals surface area contributed by atoms with E-state index >= 15 is 0 Å². The van der Waals surface area contributed by atoms with E-state index in [1.165, 1.54) is 66.4 Å². The van der Waals surface area contributed by atoms with E-state index in [1.807, 2.05) is 0 Å². The van der Waals surface area contributed by atoms with E-state index in [2.05, 4.69) is 161 Å². The molecule has 262 valence electrons. The van der Waals surface area contributed by atoms with Crippen molar-refractivity contribution in [1.82, 2.24) is 24.5 Å². The molecule has 7 aromatic rings. The second kappa shape index (κ2) is 12.3. The lowest BCUT2D eigenvalue weighted by Crippen LogP contribution is -1.95. The van der Waals surface area contributed by atoms with E-state index in [0.717, 1.165) is 74.4 Å². The minimum atomic E-state index is 0.913. The highest BCUT2D eigenvalue weighted by molar-refractivity contribution is 6.14. The van der Waals surface area contributed by atoms with Crippen LogP contribution in [-0.2, 0) is 6.42 Å². The van der Waals surface area contributed by atoms with Gasteiger partial charge in [-0.25, -0.2) is 9.97 Å². The number of aryl methyl sites for hydroxylation is 4. The van der Waals surface area contributed by atoms with Crippen LogP contribution in [-0.4, -0.2) is 24.5 Å². The molecule has 6 heterocycles. The highest BCUT2D eigenvalue weighted by atomic mass is 15.0. The minimum Gasteiger partial charge on any atom is -0.355 e. The van der Waals surface area contributed by atoms with Crippen molar-refractivity contribution in [3.8, 4) is 16.8 Å². The molecule has 5 heteroatoms. The van der Waals surface area contributed by atoms with Crippen molar-refractivity contribution in [2.75, 3.05) is 0 Å². The summed E-state index contributed by atoms with van der Waals surface area (Å²) >= 11 is 0. The quantitative estimate of drug-likeness (QED) is 0.193. The van der Waals surface area contributed by atoms with Gasteiger partial charge < -0.3 is 14.5 Å². The second-order valence-corrected chi connectivity index (χ2v) is 14.8. The van der Waals surface area contributed by atoms with Crippen molar-refractivity contribution in [3.63, 3.8) is 0 Å². The highest BCUT2D eigenvalue weighted by Gasteiger charge is 2.21. The number of hydrogen-bond acceptors (Lipinski definition) is 2. The number of allylic oxidation sites excluding steroid dienone is 4. The van der Waals surface area contributed by atoms with E-state index in [-0.39, 0.29) is 0 Å². The number of hydrogen-bond donors (Lipinski definition) is 2. The third kappa shape index (κ3) is 5.05. The zero-order valence-electron chi connectivity index (χ0n) is 31.9. The van der Waals surface area contributed by atoms with Crippen LogP contribution in [0.5, 0.6) is 0 Å². The van der Waals surface area contributed by atoms with E-state index < -0.39 is 0 Å². The van der Waals surface area contributed by atoms with Gasteiger partial charge in [-0.2, -0.15) is 0 Å². The first-order valence-electron chi connectivity index (χ1n) is 18.9. The van der Waals surface area contributed by atoms with Gasteiger partial charge in [-0.15, -0.1) is 0 Å². The predicted octanol–water partition coefficient (Wildman–Crippen LogP) is 12.9. The lowest BCUT2D eigenvalue weighted by molar-refractivity contribution is 1.14. The summed E-state index contributed by atoms with van der Waals surface area (Å²) in [5.74, 6) is 0. The topological polar surface area (TPSA) is 62.3 Å². The number of fused-ring (bicyclic) bond motifs is 11. The number of H-pyrrole nitrogens is 2. The van der Waals surface area contributed by atoms with E-state index in [0.29, 0.717) is 0 Å². The third-order valence-corrected chi connectivity index (χ3v) is 12.0. The van der Waals surface area contributed by atoms with E-state index in [4.69, 9.17) is 9.97 Å². The van der Waals surface area contributed by atoms with Gasteiger partial charge in [0.25, 0.3) is 0 Å². The zero-order valence-corrected chi connectivity index (χ0v) is 31.9. The average molecular weight is 692 g/mol. The summed E-state index contributed by atoms with van der Waals surface area (Å²) in [6, 6.07) is 33.3. The molecule has 2 N–H and O–H groups in total. The van der Waals surface area contributed by atoms with Crippen molar-refractivity contribution in [2.45, 2.75) is 68.2 Å². The smallest absolute Gasteiger partial charge is 0.0693 e. The molecular weight excluding hydrogens is 647 g/mol. The lowest BCUT2D eigenvalue weighted by Gasteiger charge is -2.12. The Hall–Kier alpha value is -5.94. The van der Waals surface area contributed by atoms with Crippen LogP contribution in [0.2, 0.25) is 0 Å². The summed E-state index contributed by atoms with van der Waals surface area (Å²) < 4.78 is 2.43. The molecule has 0 fully saturated rings. The molecule has 0 spiro atoms. The maximum absolute atomic E-state index is 5.37. The number of aromatic nitrogens is 5. The number of para-hydroxylation sites is 1. The molecule has 2 aliphatic heterocycles.